The van der Waals surface area contributed by atoms with E-state index in [9.17, 15) is 19.5 Å². The van der Waals surface area contributed by atoms with Gasteiger partial charge >= 0.3 is 5.97 Å². The summed E-state index contributed by atoms with van der Waals surface area (Å²) in [5.74, 6) is -1.79. The smallest absolute Gasteiger partial charge is 0.326 e. The zero-order valence-electron chi connectivity index (χ0n) is 15.8. The molecule has 9 nitrogen and oxygen atoms in total. The average molecular weight is 390 g/mol. The molecule has 9 heteroatoms. The van der Waals surface area contributed by atoms with Gasteiger partial charge in [0.2, 0.25) is 0 Å². The fraction of sp³-hybridized carbons (Fsp3) is 0.316. The molecule has 0 radical (unpaired) electrons. The van der Waals surface area contributed by atoms with Crippen LogP contribution >= 0.6 is 0 Å². The summed E-state index contributed by atoms with van der Waals surface area (Å²) < 4.78 is 15.5. The topological polar surface area (TPSA) is 127 Å². The number of anilines is 1. The zero-order valence-corrected chi connectivity index (χ0v) is 15.8. The SMILES string of the molecule is CCCC(NC(=O)c1cc(OC)c(OC)cc1NC(=O)c1ccco1)C(=O)O. The number of furan rings is 1. The van der Waals surface area contributed by atoms with Crippen LogP contribution < -0.4 is 20.1 Å². The Morgan fingerprint density at radius 2 is 1.82 bits per heavy atom. The van der Waals surface area contributed by atoms with Crippen molar-refractivity contribution in [3.05, 3.63) is 41.9 Å². The maximum absolute atomic E-state index is 12.7. The summed E-state index contributed by atoms with van der Waals surface area (Å²) in [6.45, 7) is 1.81. The normalized spacial score (nSPS) is 11.4. The van der Waals surface area contributed by atoms with Crippen LogP contribution in [0.4, 0.5) is 5.69 Å². The zero-order chi connectivity index (χ0) is 20.7. The summed E-state index contributed by atoms with van der Waals surface area (Å²) in [5, 5.41) is 14.3. The van der Waals surface area contributed by atoms with Crippen LogP contribution in [0.2, 0.25) is 0 Å². The molecule has 1 aromatic carbocycles. The van der Waals surface area contributed by atoms with Gasteiger partial charge in [0.15, 0.2) is 17.3 Å². The molecule has 1 atom stereocenters. The molecular formula is C19H22N2O7. The van der Waals surface area contributed by atoms with Crippen LogP contribution in [0, 0.1) is 0 Å². The predicted octanol–water partition coefficient (Wildman–Crippen LogP) is 2.53. The van der Waals surface area contributed by atoms with E-state index < -0.39 is 23.8 Å². The van der Waals surface area contributed by atoms with Crippen molar-refractivity contribution in [1.29, 1.82) is 0 Å². The number of nitrogens with one attached hydrogen (secondary N) is 2. The number of carbonyl (C=O) groups excluding carboxylic acids is 2. The molecule has 1 unspecified atom stereocenters. The first-order valence-electron chi connectivity index (χ1n) is 8.55. The van der Waals surface area contributed by atoms with Gasteiger partial charge in [0.1, 0.15) is 6.04 Å². The van der Waals surface area contributed by atoms with E-state index in [1.165, 1.54) is 38.7 Å². The number of carboxylic acids is 1. The monoisotopic (exact) mass is 390 g/mol. The van der Waals surface area contributed by atoms with Gasteiger partial charge in [-0.15, -0.1) is 0 Å². The Kier molecular flexibility index (Phi) is 7.02. The minimum atomic E-state index is -1.14. The molecule has 0 aliphatic rings. The lowest BCUT2D eigenvalue weighted by atomic mass is 10.1. The van der Waals surface area contributed by atoms with Crippen molar-refractivity contribution in [2.24, 2.45) is 0 Å². The van der Waals surface area contributed by atoms with Gasteiger partial charge < -0.3 is 29.6 Å². The highest BCUT2D eigenvalue weighted by Crippen LogP contribution is 2.33. The van der Waals surface area contributed by atoms with E-state index in [4.69, 9.17) is 13.9 Å². The summed E-state index contributed by atoms with van der Waals surface area (Å²) in [5.41, 5.74) is 0.150. The number of rotatable bonds is 9. The number of aliphatic carboxylic acids is 1. The Labute approximate surface area is 161 Å². The molecule has 0 spiro atoms. The first-order valence-corrected chi connectivity index (χ1v) is 8.55. The van der Waals surface area contributed by atoms with Crippen LogP contribution in [0.25, 0.3) is 0 Å². The van der Waals surface area contributed by atoms with Crippen molar-refractivity contribution in [3.8, 4) is 11.5 Å². The molecule has 0 fully saturated rings. The molecule has 1 heterocycles. The van der Waals surface area contributed by atoms with Crippen molar-refractivity contribution in [2.45, 2.75) is 25.8 Å². The third kappa shape index (κ3) is 4.81. The second-order valence-electron chi connectivity index (χ2n) is 5.84. The molecule has 0 bridgehead atoms. The maximum Gasteiger partial charge on any atom is 0.326 e. The van der Waals surface area contributed by atoms with Crippen molar-refractivity contribution >= 4 is 23.5 Å². The van der Waals surface area contributed by atoms with Gasteiger partial charge in [-0.1, -0.05) is 13.3 Å². The molecule has 0 aliphatic carbocycles. The van der Waals surface area contributed by atoms with E-state index in [0.29, 0.717) is 6.42 Å². The number of carboxylic acid groups (broad SMARTS) is 1. The number of hydrogen-bond acceptors (Lipinski definition) is 6. The van der Waals surface area contributed by atoms with E-state index in [1.807, 2.05) is 6.92 Å². The highest BCUT2D eigenvalue weighted by Gasteiger charge is 2.24. The molecule has 28 heavy (non-hydrogen) atoms. The number of methoxy groups -OCH3 is 2. The Morgan fingerprint density at radius 3 is 2.36 bits per heavy atom. The lowest BCUT2D eigenvalue weighted by molar-refractivity contribution is -0.139. The van der Waals surface area contributed by atoms with E-state index in [1.54, 1.807) is 6.07 Å². The number of benzene rings is 1. The van der Waals surface area contributed by atoms with E-state index >= 15 is 0 Å². The van der Waals surface area contributed by atoms with Gasteiger partial charge in [-0.3, -0.25) is 9.59 Å². The number of ether oxygens (including phenoxy) is 2. The Morgan fingerprint density at radius 1 is 1.14 bits per heavy atom. The minimum absolute atomic E-state index is 0.0277. The van der Waals surface area contributed by atoms with Crippen molar-refractivity contribution in [2.75, 3.05) is 19.5 Å². The molecule has 0 saturated carbocycles. The third-order valence-corrected chi connectivity index (χ3v) is 3.94. The quantitative estimate of drug-likeness (QED) is 0.600. The highest BCUT2D eigenvalue weighted by molar-refractivity contribution is 6.09. The predicted molar refractivity (Wildman–Crippen MR) is 100 cm³/mol. The first kappa shape index (κ1) is 20.8. The molecule has 2 aromatic rings. The Hall–Kier alpha value is -3.49. The van der Waals surface area contributed by atoms with Crippen LogP contribution in [0.15, 0.2) is 34.9 Å². The molecule has 0 aliphatic heterocycles. The summed E-state index contributed by atoms with van der Waals surface area (Å²) in [7, 11) is 2.81. The largest absolute Gasteiger partial charge is 0.493 e. The van der Waals surface area contributed by atoms with Crippen LogP contribution in [-0.2, 0) is 4.79 Å². The van der Waals surface area contributed by atoms with Gasteiger partial charge in [-0.05, 0) is 24.6 Å². The molecule has 2 amide bonds. The first-order chi connectivity index (χ1) is 13.4. The fourth-order valence-corrected chi connectivity index (χ4v) is 2.54. The molecule has 3 N–H and O–H groups in total. The van der Waals surface area contributed by atoms with Crippen LogP contribution in [0.1, 0.15) is 40.7 Å². The molecule has 2 rings (SSSR count). The number of amides is 2. The maximum atomic E-state index is 12.7. The minimum Gasteiger partial charge on any atom is -0.493 e. The van der Waals surface area contributed by atoms with Gasteiger partial charge in [0.25, 0.3) is 11.8 Å². The summed E-state index contributed by atoms with van der Waals surface area (Å²) in [4.78, 5) is 36.4. The summed E-state index contributed by atoms with van der Waals surface area (Å²) in [6, 6.07) is 4.76. The summed E-state index contributed by atoms with van der Waals surface area (Å²) >= 11 is 0. The van der Waals surface area contributed by atoms with Crippen LogP contribution in [0.3, 0.4) is 0 Å². The molecule has 150 valence electrons. The average Bonchev–Trinajstić information content (AvgIpc) is 3.21. The Balaban J connectivity index is 2.40. The van der Waals surface area contributed by atoms with Gasteiger partial charge in [0.05, 0.1) is 31.7 Å². The highest BCUT2D eigenvalue weighted by atomic mass is 16.5. The van der Waals surface area contributed by atoms with Crippen molar-refractivity contribution < 1.29 is 33.4 Å². The van der Waals surface area contributed by atoms with Crippen LogP contribution in [0.5, 0.6) is 11.5 Å². The number of hydrogen-bond donors (Lipinski definition) is 3. The van der Waals surface area contributed by atoms with Gasteiger partial charge in [-0.2, -0.15) is 0 Å². The third-order valence-electron chi connectivity index (χ3n) is 3.94. The van der Waals surface area contributed by atoms with Gasteiger partial charge in [0, 0.05) is 6.07 Å². The number of carbonyl (C=O) groups is 3. The van der Waals surface area contributed by atoms with E-state index in [2.05, 4.69) is 10.6 Å². The van der Waals surface area contributed by atoms with E-state index in [-0.39, 0.29) is 34.9 Å². The van der Waals surface area contributed by atoms with Crippen molar-refractivity contribution in [3.63, 3.8) is 0 Å². The van der Waals surface area contributed by atoms with E-state index in [0.717, 1.165) is 0 Å². The lowest BCUT2D eigenvalue weighted by Gasteiger charge is -2.18. The van der Waals surface area contributed by atoms with Crippen LogP contribution in [-0.4, -0.2) is 43.2 Å². The Bertz CT molecular complexity index is 846. The fourth-order valence-electron chi connectivity index (χ4n) is 2.54. The molecule has 1 aromatic heterocycles. The molecular weight excluding hydrogens is 368 g/mol. The second-order valence-corrected chi connectivity index (χ2v) is 5.84. The second kappa shape index (κ2) is 9.45. The van der Waals surface area contributed by atoms with Crippen molar-refractivity contribution in [1.82, 2.24) is 5.32 Å². The lowest BCUT2D eigenvalue weighted by Crippen LogP contribution is -2.41. The standard InChI is InChI=1S/C19H22N2O7/c1-4-6-12(19(24)25)20-17(22)11-9-15(26-2)16(27-3)10-13(11)21-18(23)14-7-5-8-28-14/h5,7-10,12H,4,6H2,1-3H3,(H,20,22)(H,21,23)(H,24,25). The summed E-state index contributed by atoms with van der Waals surface area (Å²) in [6.07, 6.45) is 2.19. The molecule has 0 saturated heterocycles. The van der Waals surface area contributed by atoms with Gasteiger partial charge in [-0.25, -0.2) is 4.79 Å².